The second kappa shape index (κ2) is 5.68. The topological polar surface area (TPSA) is 127 Å². The van der Waals surface area contributed by atoms with Crippen LogP contribution in [0.3, 0.4) is 0 Å². The zero-order valence-corrected chi connectivity index (χ0v) is 10.6. The molecule has 108 valence electrons. The fourth-order valence-electron chi connectivity index (χ4n) is 2.29. The van der Waals surface area contributed by atoms with Gasteiger partial charge in [0, 0.05) is 6.04 Å². The lowest BCUT2D eigenvalue weighted by molar-refractivity contribution is -0.385. The molecular formula is C11H14N4O5. The van der Waals surface area contributed by atoms with E-state index in [1.165, 1.54) is 10.9 Å². The van der Waals surface area contributed by atoms with Gasteiger partial charge in [-0.25, -0.2) is 0 Å². The predicted molar refractivity (Wildman–Crippen MR) is 65.8 cm³/mol. The minimum Gasteiger partial charge on any atom is -0.481 e. The molecule has 20 heavy (non-hydrogen) atoms. The van der Waals surface area contributed by atoms with E-state index in [4.69, 9.17) is 5.11 Å². The third-order valence-corrected chi connectivity index (χ3v) is 3.28. The molecule has 9 nitrogen and oxygen atoms in total. The largest absolute Gasteiger partial charge is 0.481 e. The first-order valence-corrected chi connectivity index (χ1v) is 6.14. The van der Waals surface area contributed by atoms with Gasteiger partial charge in [0.25, 0.3) is 0 Å². The third kappa shape index (κ3) is 3.31. The van der Waals surface area contributed by atoms with Gasteiger partial charge < -0.3 is 10.4 Å². The normalized spacial score (nSPS) is 21.6. The number of carboxylic acids is 1. The fraction of sp³-hybridized carbons (Fsp3) is 0.545. The molecule has 9 heteroatoms. The Bertz CT molecular complexity index is 541. The summed E-state index contributed by atoms with van der Waals surface area (Å²) in [5.74, 6) is -1.59. The average Bonchev–Trinajstić information content (AvgIpc) is 2.98. The van der Waals surface area contributed by atoms with Gasteiger partial charge in [0.05, 0.1) is 10.8 Å². The van der Waals surface area contributed by atoms with Crippen LogP contribution >= 0.6 is 0 Å². The molecule has 1 saturated carbocycles. The average molecular weight is 282 g/mol. The smallest absolute Gasteiger partial charge is 0.307 e. The Balaban J connectivity index is 1.83. The second-order valence-electron chi connectivity index (χ2n) is 4.77. The number of carbonyl (C=O) groups excluding carboxylic acids is 1. The van der Waals surface area contributed by atoms with Crippen molar-refractivity contribution in [3.05, 3.63) is 22.5 Å². The van der Waals surface area contributed by atoms with Gasteiger partial charge in [-0.15, -0.1) is 0 Å². The second-order valence-corrected chi connectivity index (χ2v) is 4.77. The molecule has 2 rings (SSSR count). The van der Waals surface area contributed by atoms with Crippen molar-refractivity contribution in [2.24, 2.45) is 5.92 Å². The molecule has 0 radical (unpaired) electrons. The Morgan fingerprint density at radius 3 is 2.85 bits per heavy atom. The lowest BCUT2D eigenvalue weighted by Gasteiger charge is -2.12. The molecule has 1 aliphatic carbocycles. The molecular weight excluding hydrogens is 268 g/mol. The first-order valence-electron chi connectivity index (χ1n) is 6.14. The Kier molecular flexibility index (Phi) is 3.97. The highest BCUT2D eigenvalue weighted by Crippen LogP contribution is 2.25. The van der Waals surface area contributed by atoms with Gasteiger partial charge >= 0.3 is 11.7 Å². The fourth-order valence-corrected chi connectivity index (χ4v) is 2.29. The van der Waals surface area contributed by atoms with Gasteiger partial charge in [-0.2, -0.15) is 5.10 Å². The summed E-state index contributed by atoms with van der Waals surface area (Å²) >= 11 is 0. The molecule has 2 atom stereocenters. The molecule has 1 heterocycles. The summed E-state index contributed by atoms with van der Waals surface area (Å²) in [6, 6.07) is -0.158. The van der Waals surface area contributed by atoms with Crippen LogP contribution in [0.1, 0.15) is 19.3 Å². The van der Waals surface area contributed by atoms with Gasteiger partial charge in [0.15, 0.2) is 0 Å². The number of hydrogen-bond acceptors (Lipinski definition) is 5. The van der Waals surface area contributed by atoms with Crippen molar-refractivity contribution in [1.82, 2.24) is 15.1 Å². The van der Waals surface area contributed by atoms with Crippen LogP contribution in [0.5, 0.6) is 0 Å². The van der Waals surface area contributed by atoms with E-state index in [0.29, 0.717) is 19.3 Å². The van der Waals surface area contributed by atoms with Crippen LogP contribution in [0.2, 0.25) is 0 Å². The number of aliphatic carboxylic acids is 1. The van der Waals surface area contributed by atoms with Crippen LogP contribution in [0.15, 0.2) is 12.4 Å². The third-order valence-electron chi connectivity index (χ3n) is 3.28. The van der Waals surface area contributed by atoms with Crippen LogP contribution in [-0.4, -0.2) is 37.7 Å². The maximum absolute atomic E-state index is 11.7. The van der Waals surface area contributed by atoms with Crippen LogP contribution in [0, 0.1) is 16.0 Å². The number of carbonyl (C=O) groups is 2. The van der Waals surface area contributed by atoms with Gasteiger partial charge in [0.2, 0.25) is 5.91 Å². The van der Waals surface area contributed by atoms with E-state index in [2.05, 4.69) is 10.4 Å². The molecule has 0 bridgehead atoms. The van der Waals surface area contributed by atoms with Crippen molar-refractivity contribution in [2.45, 2.75) is 31.8 Å². The summed E-state index contributed by atoms with van der Waals surface area (Å²) in [6.45, 7) is -0.123. The minimum absolute atomic E-state index is 0.123. The zero-order chi connectivity index (χ0) is 14.7. The predicted octanol–water partition coefficient (Wildman–Crippen LogP) is 0.161. The highest BCUT2D eigenvalue weighted by Gasteiger charge is 2.30. The van der Waals surface area contributed by atoms with Crippen LogP contribution in [0.4, 0.5) is 5.69 Å². The Morgan fingerprint density at radius 2 is 2.30 bits per heavy atom. The van der Waals surface area contributed by atoms with E-state index in [-0.39, 0.29) is 24.2 Å². The quantitative estimate of drug-likeness (QED) is 0.585. The van der Waals surface area contributed by atoms with Crippen molar-refractivity contribution in [3.63, 3.8) is 0 Å². The van der Waals surface area contributed by atoms with Crippen molar-refractivity contribution in [3.8, 4) is 0 Å². The van der Waals surface area contributed by atoms with Gasteiger partial charge in [-0.3, -0.25) is 24.4 Å². The number of nitrogens with one attached hydrogen (secondary N) is 1. The van der Waals surface area contributed by atoms with Crippen molar-refractivity contribution in [1.29, 1.82) is 0 Å². The summed E-state index contributed by atoms with van der Waals surface area (Å²) in [6.07, 6.45) is 3.84. The Labute approximate surface area is 113 Å². The maximum atomic E-state index is 11.7. The molecule has 1 aromatic heterocycles. The lowest BCUT2D eigenvalue weighted by atomic mass is 10.1. The summed E-state index contributed by atoms with van der Waals surface area (Å²) < 4.78 is 1.18. The number of carboxylic acid groups (broad SMARTS) is 1. The molecule has 0 unspecified atom stereocenters. The highest BCUT2D eigenvalue weighted by atomic mass is 16.6. The molecule has 0 spiro atoms. The van der Waals surface area contributed by atoms with E-state index in [0.717, 1.165) is 6.20 Å². The summed E-state index contributed by atoms with van der Waals surface area (Å²) in [5, 5.41) is 25.8. The number of nitrogens with zero attached hydrogens (tertiary/aromatic N) is 3. The van der Waals surface area contributed by atoms with Gasteiger partial charge in [0.1, 0.15) is 18.9 Å². The van der Waals surface area contributed by atoms with Crippen molar-refractivity contribution < 1.29 is 19.6 Å². The van der Waals surface area contributed by atoms with E-state index in [1.54, 1.807) is 0 Å². The number of nitro groups is 1. The first-order chi connectivity index (χ1) is 9.45. The van der Waals surface area contributed by atoms with Gasteiger partial charge in [-0.05, 0) is 19.3 Å². The Hall–Kier alpha value is -2.45. The minimum atomic E-state index is -0.843. The standard InChI is InChI=1S/C11H14N4O5/c16-10(6-14-5-9(4-12-14)15(19)20)13-8-2-1-7(3-8)11(17)18/h4-5,7-8H,1-3,6H2,(H,13,16)(H,17,18)/t7-,8+/m0/s1. The molecule has 0 saturated heterocycles. The monoisotopic (exact) mass is 282 g/mol. The maximum Gasteiger partial charge on any atom is 0.307 e. The van der Waals surface area contributed by atoms with Crippen LogP contribution in [-0.2, 0) is 16.1 Å². The van der Waals surface area contributed by atoms with Crippen LogP contribution < -0.4 is 5.32 Å². The summed E-state index contributed by atoms with van der Waals surface area (Å²) in [7, 11) is 0. The van der Waals surface area contributed by atoms with Crippen molar-refractivity contribution >= 4 is 17.6 Å². The molecule has 0 aromatic carbocycles. The molecule has 1 fully saturated rings. The lowest BCUT2D eigenvalue weighted by Crippen LogP contribution is -2.35. The molecule has 1 amide bonds. The molecule has 1 aromatic rings. The van der Waals surface area contributed by atoms with E-state index in [9.17, 15) is 19.7 Å². The molecule has 2 N–H and O–H groups in total. The summed E-state index contributed by atoms with van der Waals surface area (Å²) in [4.78, 5) is 32.4. The van der Waals surface area contributed by atoms with Crippen LogP contribution in [0.25, 0.3) is 0 Å². The number of aromatic nitrogens is 2. The number of rotatable bonds is 5. The SMILES string of the molecule is O=C(Cn1cc([N+](=O)[O-])cn1)N[C@@H]1CC[C@H](C(=O)O)C1. The van der Waals surface area contributed by atoms with Crippen molar-refractivity contribution in [2.75, 3.05) is 0 Å². The van der Waals surface area contributed by atoms with E-state index in [1.807, 2.05) is 0 Å². The highest BCUT2D eigenvalue weighted by molar-refractivity contribution is 5.76. The Morgan fingerprint density at radius 1 is 1.55 bits per heavy atom. The van der Waals surface area contributed by atoms with Gasteiger partial charge in [-0.1, -0.05) is 0 Å². The summed E-state index contributed by atoms with van der Waals surface area (Å²) in [5.41, 5.74) is -0.176. The van der Waals surface area contributed by atoms with E-state index >= 15 is 0 Å². The number of amides is 1. The van der Waals surface area contributed by atoms with E-state index < -0.39 is 16.8 Å². The zero-order valence-electron chi connectivity index (χ0n) is 10.6. The number of hydrogen-bond donors (Lipinski definition) is 2. The molecule has 1 aliphatic rings. The molecule has 0 aliphatic heterocycles. The first kappa shape index (κ1) is 14.0.